The number of ether oxygens (including phenoxy) is 5. The number of unbranched alkanes of at least 4 members (excludes halogenated alkanes) is 8. The molecule has 2 fully saturated rings. The van der Waals surface area contributed by atoms with Crippen molar-refractivity contribution < 1.29 is 48.3 Å². The molecular formula is C54H84O10. The third-order valence-corrected chi connectivity index (χ3v) is 13.0. The summed E-state index contributed by atoms with van der Waals surface area (Å²) in [5.41, 5.74) is 0.590. The molecule has 4 bridgehead atoms. The Morgan fingerprint density at radius 3 is 2.36 bits per heavy atom. The van der Waals surface area contributed by atoms with Gasteiger partial charge in [0.25, 0.3) is 0 Å². The van der Waals surface area contributed by atoms with Crippen LogP contribution in [0.5, 0.6) is 0 Å². The highest BCUT2D eigenvalue weighted by Gasteiger charge is 2.50. The Kier molecular flexibility index (Phi) is 25.6. The smallest absolute Gasteiger partial charge is 0.335 e. The highest BCUT2D eigenvalue weighted by atomic mass is 16.6. The zero-order valence-electron chi connectivity index (χ0n) is 40.4. The minimum Gasteiger partial charge on any atom is -0.465 e. The van der Waals surface area contributed by atoms with Gasteiger partial charge in [-0.3, -0.25) is 4.79 Å². The van der Waals surface area contributed by atoms with Gasteiger partial charge < -0.3 is 33.9 Å². The Labute approximate surface area is 386 Å². The molecule has 0 radical (unpaired) electrons. The van der Waals surface area contributed by atoms with Crippen molar-refractivity contribution in [2.75, 3.05) is 13.2 Å². The average Bonchev–Trinajstić information content (AvgIpc) is 3.25. The molecule has 0 aromatic rings. The number of fused-ring (bicyclic) bond motifs is 4. The Morgan fingerprint density at radius 2 is 1.64 bits per heavy atom. The third-order valence-electron chi connectivity index (χ3n) is 13.0. The summed E-state index contributed by atoms with van der Waals surface area (Å²) in [6.07, 6.45) is 31.4. The lowest BCUT2D eigenvalue weighted by atomic mass is 9.73. The summed E-state index contributed by atoms with van der Waals surface area (Å²) >= 11 is 0. The molecule has 64 heavy (non-hydrogen) atoms. The Morgan fingerprint density at radius 1 is 0.922 bits per heavy atom. The lowest BCUT2D eigenvalue weighted by molar-refractivity contribution is -0.204. The fourth-order valence-corrected chi connectivity index (χ4v) is 8.52. The van der Waals surface area contributed by atoms with Gasteiger partial charge in [0, 0.05) is 25.3 Å². The first-order valence-corrected chi connectivity index (χ1v) is 24.5. The maximum absolute atomic E-state index is 13.5. The zero-order chi connectivity index (χ0) is 46.9. The molecule has 0 aliphatic carbocycles. The monoisotopic (exact) mass is 893 g/mol. The normalized spacial score (nSPS) is 30.6. The van der Waals surface area contributed by atoms with Crippen LogP contribution in [0.25, 0.3) is 0 Å². The van der Waals surface area contributed by atoms with Gasteiger partial charge in [0.2, 0.25) is 0 Å². The fourth-order valence-electron chi connectivity index (χ4n) is 8.52. The average molecular weight is 893 g/mol. The molecule has 0 amide bonds. The third kappa shape index (κ3) is 20.3. The summed E-state index contributed by atoms with van der Waals surface area (Å²) in [4.78, 5) is 39.3. The van der Waals surface area contributed by atoms with Crippen LogP contribution >= 0.6 is 0 Å². The summed E-state index contributed by atoms with van der Waals surface area (Å²) in [6.45, 7) is 18.4. The first kappa shape index (κ1) is 54.8. The van der Waals surface area contributed by atoms with Crippen LogP contribution in [0.1, 0.15) is 158 Å². The minimum absolute atomic E-state index is 0.0111. The Bertz CT molecular complexity index is 1600. The van der Waals surface area contributed by atoms with E-state index in [9.17, 15) is 24.6 Å². The van der Waals surface area contributed by atoms with E-state index in [1.165, 1.54) is 44.6 Å². The van der Waals surface area contributed by atoms with Crippen molar-refractivity contribution in [1.29, 1.82) is 0 Å². The van der Waals surface area contributed by atoms with Crippen LogP contribution in [0.2, 0.25) is 0 Å². The molecule has 3 heterocycles. The van der Waals surface area contributed by atoms with Gasteiger partial charge >= 0.3 is 17.9 Å². The SMILES string of the molecule is C=C(COC(=O)C(O)C/C=C\CC1OC2/C=C/C/C=C/C(C)=C\C3OC(C/C=C/C=C/C(=O)OC(C2)C1(C)COC(=O)CCCCCCCCCCC)CC(C)C3C)C(O)CC(C)C. The van der Waals surface area contributed by atoms with Gasteiger partial charge in [-0.15, -0.1) is 0 Å². The number of hydrogen-bond donors (Lipinski definition) is 2. The number of carbonyl (C=O) groups is 3. The van der Waals surface area contributed by atoms with E-state index in [0.717, 1.165) is 37.7 Å². The summed E-state index contributed by atoms with van der Waals surface area (Å²) in [5, 5.41) is 20.9. The van der Waals surface area contributed by atoms with Gasteiger partial charge in [-0.25, -0.2) is 9.59 Å². The largest absolute Gasteiger partial charge is 0.465 e. The van der Waals surface area contributed by atoms with Crippen molar-refractivity contribution in [2.45, 2.75) is 200 Å². The molecule has 0 spiro atoms. The number of esters is 3. The lowest BCUT2D eigenvalue weighted by Gasteiger charge is -2.47. The topological polar surface area (TPSA) is 138 Å². The van der Waals surface area contributed by atoms with Crippen LogP contribution in [-0.2, 0) is 38.1 Å². The van der Waals surface area contributed by atoms with Crippen LogP contribution in [0.3, 0.4) is 0 Å². The maximum atomic E-state index is 13.5. The van der Waals surface area contributed by atoms with E-state index in [1.54, 1.807) is 12.2 Å². The molecule has 0 saturated carbocycles. The zero-order valence-corrected chi connectivity index (χ0v) is 40.4. The summed E-state index contributed by atoms with van der Waals surface area (Å²) in [5.74, 6) is -0.446. The van der Waals surface area contributed by atoms with E-state index in [-0.39, 0.29) is 43.7 Å². The van der Waals surface area contributed by atoms with Gasteiger partial charge in [-0.05, 0) is 68.8 Å². The molecule has 10 atom stereocenters. The molecule has 3 aliphatic heterocycles. The molecule has 2 N–H and O–H groups in total. The van der Waals surface area contributed by atoms with Crippen LogP contribution in [0.4, 0.5) is 0 Å². The summed E-state index contributed by atoms with van der Waals surface area (Å²) < 4.78 is 30.7. The van der Waals surface area contributed by atoms with Gasteiger partial charge in [0.05, 0.1) is 35.9 Å². The van der Waals surface area contributed by atoms with Crippen LogP contribution < -0.4 is 0 Å². The fraction of sp³-hybridized carbons (Fsp3) is 0.685. The Balaban J connectivity index is 1.79. The second kappa shape index (κ2) is 29.9. The van der Waals surface area contributed by atoms with E-state index in [2.05, 4.69) is 52.5 Å². The first-order valence-electron chi connectivity index (χ1n) is 24.5. The molecule has 0 aromatic carbocycles. The van der Waals surface area contributed by atoms with Crippen molar-refractivity contribution in [3.8, 4) is 0 Å². The highest BCUT2D eigenvalue weighted by molar-refractivity contribution is 5.82. The number of carbonyl (C=O) groups excluding carboxylic acids is 3. The molecule has 10 unspecified atom stereocenters. The lowest BCUT2D eigenvalue weighted by Crippen LogP contribution is -2.55. The number of aliphatic hydroxyl groups is 2. The molecule has 2 saturated heterocycles. The maximum Gasteiger partial charge on any atom is 0.335 e. The molecule has 0 aromatic heterocycles. The predicted octanol–water partition coefficient (Wildman–Crippen LogP) is 11.1. The number of rotatable bonds is 22. The van der Waals surface area contributed by atoms with Gasteiger partial charge in [0.1, 0.15) is 19.3 Å². The van der Waals surface area contributed by atoms with Crippen molar-refractivity contribution in [1.82, 2.24) is 0 Å². The number of allylic oxidation sites excluding steroid dienone is 6. The summed E-state index contributed by atoms with van der Waals surface area (Å²) in [6, 6.07) is 0. The molecule has 3 aliphatic rings. The predicted molar refractivity (Wildman–Crippen MR) is 255 cm³/mol. The minimum atomic E-state index is -1.42. The van der Waals surface area contributed by atoms with Gasteiger partial charge in [0.15, 0.2) is 6.10 Å². The molecule has 360 valence electrons. The van der Waals surface area contributed by atoms with Gasteiger partial charge in [-0.1, -0.05) is 166 Å². The molecule has 10 heteroatoms. The number of hydrogen-bond acceptors (Lipinski definition) is 10. The first-order chi connectivity index (χ1) is 30.6. The quantitative estimate of drug-likeness (QED) is 0.0467. The van der Waals surface area contributed by atoms with Crippen molar-refractivity contribution in [3.05, 3.63) is 84.6 Å². The van der Waals surface area contributed by atoms with E-state index in [4.69, 9.17) is 23.7 Å². The second-order valence-corrected chi connectivity index (χ2v) is 19.2. The van der Waals surface area contributed by atoms with E-state index in [1.807, 2.05) is 51.2 Å². The summed E-state index contributed by atoms with van der Waals surface area (Å²) in [7, 11) is 0. The van der Waals surface area contributed by atoms with Crippen LogP contribution in [0.15, 0.2) is 84.6 Å². The van der Waals surface area contributed by atoms with E-state index >= 15 is 0 Å². The number of aliphatic hydroxyl groups excluding tert-OH is 2. The second-order valence-electron chi connectivity index (χ2n) is 19.2. The molecular weight excluding hydrogens is 809 g/mol. The Hall–Kier alpha value is -3.57. The molecule has 3 rings (SSSR count). The van der Waals surface area contributed by atoms with Crippen LogP contribution in [0, 0.1) is 23.2 Å². The van der Waals surface area contributed by atoms with Crippen molar-refractivity contribution >= 4 is 17.9 Å². The standard InChI is InChI=1S/C54H84O10/c1-9-10-11-12-13-14-15-16-22-31-51(57)61-38-54(8)49(30-25-24-29-46(55)53(59)60-37-42(6)47(56)33-39(2)3)63-45-28-20-17-19-26-40(4)34-48-43(7)41(5)35-44(62-48)27-21-18-23-32-52(58)64-50(54)36-45/h18-21,23-26,28,32,34,39,41,43-50,55-56H,6,9-17,22,27,29-31,33,35-38H2,1-5,7-8H3/b21-18+,25-24-,26-19+,28-20+,32-23+,40-34-. The van der Waals surface area contributed by atoms with Crippen molar-refractivity contribution in [2.24, 2.45) is 23.2 Å². The van der Waals surface area contributed by atoms with E-state index in [0.29, 0.717) is 49.5 Å². The van der Waals surface area contributed by atoms with Crippen LogP contribution in [-0.4, -0.2) is 84.1 Å². The van der Waals surface area contributed by atoms with Gasteiger partial charge in [-0.2, -0.15) is 0 Å². The van der Waals surface area contributed by atoms with Crippen molar-refractivity contribution in [3.63, 3.8) is 0 Å². The highest BCUT2D eigenvalue weighted by Crippen LogP contribution is 2.42. The van der Waals surface area contributed by atoms with E-state index < -0.39 is 47.9 Å². The molecule has 10 nitrogen and oxygen atoms in total.